The van der Waals surface area contributed by atoms with Crippen LogP contribution in [-0.4, -0.2) is 11.2 Å². The van der Waals surface area contributed by atoms with E-state index in [4.69, 9.17) is 0 Å². The van der Waals surface area contributed by atoms with Crippen LogP contribution in [0.1, 0.15) is 27.2 Å². The van der Waals surface area contributed by atoms with Gasteiger partial charge >= 0.3 is 0 Å². The van der Waals surface area contributed by atoms with Gasteiger partial charge in [-0.3, -0.25) is 10.1 Å². The van der Waals surface area contributed by atoms with Gasteiger partial charge in [-0.25, -0.2) is 0 Å². The van der Waals surface area contributed by atoms with Crippen molar-refractivity contribution in [2.45, 2.75) is 27.2 Å². The van der Waals surface area contributed by atoms with Gasteiger partial charge in [0.05, 0.1) is 4.92 Å². The summed E-state index contributed by atoms with van der Waals surface area (Å²) in [6, 6.07) is 0. The summed E-state index contributed by atoms with van der Waals surface area (Å²) < 4.78 is 0. The molecular formula is C12H17NO3. The standard InChI is InChI=1S/C12H17NO3/c1-5-11(13(15)16)7-6-10(2)12(3,4)8-9-14/h5-7,9H,2,8H2,1,3-4H3/b7-6-,11-5+. The van der Waals surface area contributed by atoms with E-state index in [2.05, 4.69) is 6.58 Å². The van der Waals surface area contributed by atoms with E-state index in [0.717, 1.165) is 6.29 Å². The van der Waals surface area contributed by atoms with Crippen molar-refractivity contribution in [1.82, 2.24) is 0 Å². The van der Waals surface area contributed by atoms with Crippen molar-refractivity contribution in [2.75, 3.05) is 0 Å². The zero-order valence-corrected chi connectivity index (χ0v) is 9.90. The fourth-order valence-corrected chi connectivity index (χ4v) is 1.01. The summed E-state index contributed by atoms with van der Waals surface area (Å²) in [4.78, 5) is 20.5. The largest absolute Gasteiger partial charge is 0.303 e. The third-order valence-electron chi connectivity index (χ3n) is 2.42. The lowest BCUT2D eigenvalue weighted by Gasteiger charge is -2.22. The molecule has 0 aromatic heterocycles. The lowest BCUT2D eigenvalue weighted by molar-refractivity contribution is -0.419. The van der Waals surface area contributed by atoms with Gasteiger partial charge in [-0.15, -0.1) is 0 Å². The first-order valence-corrected chi connectivity index (χ1v) is 4.97. The maximum atomic E-state index is 10.5. The third-order valence-corrected chi connectivity index (χ3v) is 2.42. The number of aldehydes is 1. The topological polar surface area (TPSA) is 60.2 Å². The van der Waals surface area contributed by atoms with Crippen molar-refractivity contribution < 1.29 is 9.72 Å². The van der Waals surface area contributed by atoms with Crippen molar-refractivity contribution in [3.63, 3.8) is 0 Å². The number of allylic oxidation sites excluding steroid dienone is 4. The van der Waals surface area contributed by atoms with Gasteiger partial charge in [0.15, 0.2) is 0 Å². The number of carbonyl (C=O) groups is 1. The predicted octanol–water partition coefficient (Wildman–Crippen LogP) is 2.89. The summed E-state index contributed by atoms with van der Waals surface area (Å²) in [6.45, 7) is 9.16. The smallest absolute Gasteiger partial charge is 0.265 e. The molecule has 0 atom stereocenters. The number of nitrogens with zero attached hydrogens (tertiary/aromatic N) is 1. The second-order valence-corrected chi connectivity index (χ2v) is 4.08. The van der Waals surface area contributed by atoms with E-state index in [0.29, 0.717) is 12.0 Å². The van der Waals surface area contributed by atoms with Crippen molar-refractivity contribution in [1.29, 1.82) is 0 Å². The molecule has 0 bridgehead atoms. The summed E-state index contributed by atoms with van der Waals surface area (Å²) in [5.41, 5.74) is 0.345. The molecule has 0 aromatic rings. The Labute approximate surface area is 95.5 Å². The summed E-state index contributed by atoms with van der Waals surface area (Å²) >= 11 is 0. The molecule has 0 saturated heterocycles. The molecule has 16 heavy (non-hydrogen) atoms. The minimum absolute atomic E-state index is 0.0167. The maximum absolute atomic E-state index is 10.5. The van der Waals surface area contributed by atoms with Crippen molar-refractivity contribution in [3.05, 3.63) is 46.2 Å². The van der Waals surface area contributed by atoms with E-state index >= 15 is 0 Å². The highest BCUT2D eigenvalue weighted by atomic mass is 16.6. The summed E-state index contributed by atoms with van der Waals surface area (Å²) in [5, 5.41) is 10.5. The van der Waals surface area contributed by atoms with Crippen LogP contribution in [0, 0.1) is 15.5 Å². The number of hydrogen-bond acceptors (Lipinski definition) is 3. The van der Waals surface area contributed by atoms with Crippen molar-refractivity contribution in [2.24, 2.45) is 5.41 Å². The van der Waals surface area contributed by atoms with Crippen LogP contribution < -0.4 is 0 Å². The van der Waals surface area contributed by atoms with Gasteiger partial charge in [0, 0.05) is 12.5 Å². The molecule has 0 saturated carbocycles. The molecule has 0 fully saturated rings. The highest BCUT2D eigenvalue weighted by molar-refractivity contribution is 5.52. The Hall–Kier alpha value is -1.71. The Balaban J connectivity index is 4.74. The van der Waals surface area contributed by atoms with Gasteiger partial charge in [-0.1, -0.05) is 26.5 Å². The molecule has 0 amide bonds. The predicted molar refractivity (Wildman–Crippen MR) is 63.5 cm³/mol. The molecule has 0 spiro atoms. The van der Waals surface area contributed by atoms with Crippen LogP contribution in [0.2, 0.25) is 0 Å². The van der Waals surface area contributed by atoms with Crippen LogP contribution in [0.4, 0.5) is 0 Å². The third kappa shape index (κ3) is 4.21. The highest BCUT2D eigenvalue weighted by Crippen LogP contribution is 2.28. The van der Waals surface area contributed by atoms with E-state index in [-0.39, 0.29) is 11.1 Å². The Bertz CT molecular complexity index is 351. The van der Waals surface area contributed by atoms with E-state index in [9.17, 15) is 14.9 Å². The molecule has 0 radical (unpaired) electrons. The molecule has 88 valence electrons. The Morgan fingerprint density at radius 3 is 2.38 bits per heavy atom. The second kappa shape index (κ2) is 6.00. The first kappa shape index (κ1) is 14.3. The lowest BCUT2D eigenvalue weighted by Crippen LogP contribution is -2.13. The first-order chi connectivity index (χ1) is 7.35. The number of hydrogen-bond donors (Lipinski definition) is 0. The van der Waals surface area contributed by atoms with Gasteiger partial charge in [0.2, 0.25) is 0 Å². The minimum atomic E-state index is -0.462. The fraction of sp³-hybridized carbons (Fsp3) is 0.417. The van der Waals surface area contributed by atoms with Crippen molar-refractivity contribution >= 4 is 6.29 Å². The van der Waals surface area contributed by atoms with Crippen LogP contribution in [0.3, 0.4) is 0 Å². The van der Waals surface area contributed by atoms with Crippen LogP contribution >= 0.6 is 0 Å². The molecule has 0 N–H and O–H groups in total. The summed E-state index contributed by atoms with van der Waals surface area (Å²) in [7, 11) is 0. The highest BCUT2D eigenvalue weighted by Gasteiger charge is 2.19. The maximum Gasteiger partial charge on any atom is 0.265 e. The molecule has 0 aromatic carbocycles. The van der Waals surface area contributed by atoms with Crippen LogP contribution in [0.15, 0.2) is 36.1 Å². The van der Waals surface area contributed by atoms with Gasteiger partial charge in [0.1, 0.15) is 6.29 Å². The number of nitro groups is 1. The number of carbonyl (C=O) groups excluding carboxylic acids is 1. The van der Waals surface area contributed by atoms with Gasteiger partial charge in [0.25, 0.3) is 5.70 Å². The minimum Gasteiger partial charge on any atom is -0.303 e. The van der Waals surface area contributed by atoms with Crippen LogP contribution in [-0.2, 0) is 4.79 Å². The zero-order valence-electron chi connectivity index (χ0n) is 9.90. The lowest BCUT2D eigenvalue weighted by atomic mass is 9.82. The Morgan fingerprint density at radius 1 is 1.44 bits per heavy atom. The van der Waals surface area contributed by atoms with Crippen molar-refractivity contribution in [3.8, 4) is 0 Å². The van der Waals surface area contributed by atoms with E-state index in [1.54, 1.807) is 13.0 Å². The molecule has 0 aliphatic carbocycles. The number of rotatable bonds is 6. The van der Waals surface area contributed by atoms with Gasteiger partial charge in [-0.05, 0) is 24.0 Å². The van der Waals surface area contributed by atoms with Gasteiger partial charge in [-0.2, -0.15) is 0 Å². The molecule has 4 heteroatoms. The summed E-state index contributed by atoms with van der Waals surface area (Å²) in [6.07, 6.45) is 5.57. The second-order valence-electron chi connectivity index (χ2n) is 4.08. The van der Waals surface area contributed by atoms with Gasteiger partial charge < -0.3 is 4.79 Å². The molecule has 4 nitrogen and oxygen atoms in total. The fourth-order valence-electron chi connectivity index (χ4n) is 1.01. The normalized spacial score (nSPS) is 12.8. The van der Waals surface area contributed by atoms with E-state index < -0.39 is 4.92 Å². The molecule has 0 rings (SSSR count). The monoisotopic (exact) mass is 223 g/mol. The average Bonchev–Trinajstić information content (AvgIpc) is 2.17. The summed E-state index contributed by atoms with van der Waals surface area (Å²) in [5.74, 6) is 0. The van der Waals surface area contributed by atoms with E-state index in [1.165, 1.54) is 12.2 Å². The quantitative estimate of drug-likeness (QED) is 0.301. The molecule has 0 aliphatic heterocycles. The van der Waals surface area contributed by atoms with E-state index in [1.807, 2.05) is 13.8 Å². The SMILES string of the molecule is C=C(/C=C\C(=C/C)[N+](=O)[O-])C(C)(C)CC=O. The molecule has 0 aliphatic rings. The Kier molecular flexibility index (Phi) is 5.36. The van der Waals surface area contributed by atoms with Crippen LogP contribution in [0.5, 0.6) is 0 Å². The molecular weight excluding hydrogens is 206 g/mol. The molecule has 0 unspecified atom stereocenters. The molecule has 0 heterocycles. The zero-order chi connectivity index (χ0) is 12.8. The van der Waals surface area contributed by atoms with Crippen LogP contribution in [0.25, 0.3) is 0 Å². The Morgan fingerprint density at radius 2 is 2.00 bits per heavy atom. The average molecular weight is 223 g/mol. The first-order valence-electron chi connectivity index (χ1n) is 4.97.